The van der Waals surface area contributed by atoms with Gasteiger partial charge in [0.05, 0.1) is 12.2 Å². The van der Waals surface area contributed by atoms with E-state index in [1.54, 1.807) is 18.2 Å². The molecule has 0 aliphatic heterocycles. The van der Waals surface area contributed by atoms with Crippen LogP contribution in [-0.4, -0.2) is 24.9 Å². The second kappa shape index (κ2) is 6.70. The maximum absolute atomic E-state index is 12.0. The lowest BCUT2D eigenvalue weighted by Gasteiger charge is -2.14. The molecule has 1 aromatic rings. The minimum Gasteiger partial charge on any atom is -0.493 e. The summed E-state index contributed by atoms with van der Waals surface area (Å²) in [7, 11) is 0. The third kappa shape index (κ3) is 5.02. The molecule has 3 nitrogen and oxygen atoms in total. The second-order valence-corrected chi connectivity index (χ2v) is 4.66. The molecule has 1 aromatic carbocycles. The summed E-state index contributed by atoms with van der Waals surface area (Å²) in [5.41, 5.74) is 5.91. The van der Waals surface area contributed by atoms with Crippen molar-refractivity contribution >= 4 is 17.6 Å². The van der Waals surface area contributed by atoms with E-state index >= 15 is 0 Å². The maximum Gasteiger partial charge on any atom is 0.389 e. The first-order valence-corrected chi connectivity index (χ1v) is 6.78. The Kier molecular flexibility index (Phi) is 5.53. The zero-order valence-corrected chi connectivity index (χ0v) is 11.2. The van der Waals surface area contributed by atoms with Gasteiger partial charge >= 0.3 is 6.18 Å². The molecular formula is C12H15F3N2OS. The first-order chi connectivity index (χ1) is 8.85. The van der Waals surface area contributed by atoms with Gasteiger partial charge in [0.2, 0.25) is 0 Å². The van der Waals surface area contributed by atoms with E-state index in [2.05, 4.69) is 0 Å². The van der Waals surface area contributed by atoms with E-state index in [9.17, 15) is 13.2 Å². The predicted molar refractivity (Wildman–Crippen MR) is 70.0 cm³/mol. The summed E-state index contributed by atoms with van der Waals surface area (Å²) in [5.74, 6) is 0.192. The molecule has 7 heteroatoms. The Balaban J connectivity index is 2.70. The van der Waals surface area contributed by atoms with Crippen molar-refractivity contribution in [3.8, 4) is 5.75 Å². The summed E-state index contributed by atoms with van der Waals surface area (Å²) in [5, 5.41) is 7.50. The average molecular weight is 292 g/mol. The number of nitrogens with one attached hydrogen (secondary N) is 1. The molecule has 0 unspecified atom stereocenters. The Morgan fingerprint density at radius 1 is 1.42 bits per heavy atom. The van der Waals surface area contributed by atoms with Crippen LogP contribution in [0.25, 0.3) is 0 Å². The summed E-state index contributed by atoms with van der Waals surface area (Å²) in [6.45, 7) is -0.0579. The fraction of sp³-hybridized carbons (Fsp3) is 0.417. The van der Waals surface area contributed by atoms with E-state index in [0.29, 0.717) is 11.3 Å². The number of nitrogen functional groups attached to an aromatic ring is 1. The Morgan fingerprint density at radius 2 is 2.11 bits per heavy atom. The largest absolute Gasteiger partial charge is 0.493 e. The van der Waals surface area contributed by atoms with E-state index in [-0.39, 0.29) is 18.9 Å². The normalized spacial score (nSPS) is 11.4. The number of alkyl halides is 3. The van der Waals surface area contributed by atoms with Gasteiger partial charge < -0.3 is 10.5 Å². The molecule has 1 rings (SSSR count). The van der Waals surface area contributed by atoms with Gasteiger partial charge in [-0.15, -0.1) is 11.8 Å². The van der Waals surface area contributed by atoms with Crippen LogP contribution in [0.1, 0.15) is 18.4 Å². The van der Waals surface area contributed by atoms with Gasteiger partial charge in [-0.05, 0) is 24.8 Å². The third-order valence-corrected chi connectivity index (χ3v) is 3.12. The van der Waals surface area contributed by atoms with Crippen LogP contribution in [0.2, 0.25) is 0 Å². The van der Waals surface area contributed by atoms with E-state index in [0.717, 1.165) is 4.90 Å². The van der Waals surface area contributed by atoms with E-state index < -0.39 is 12.6 Å². The Labute approximate surface area is 113 Å². The van der Waals surface area contributed by atoms with Gasteiger partial charge in [0, 0.05) is 11.3 Å². The summed E-state index contributed by atoms with van der Waals surface area (Å²) >= 11 is 1.40. The van der Waals surface area contributed by atoms with Crippen LogP contribution in [0.5, 0.6) is 5.75 Å². The topological polar surface area (TPSA) is 59.1 Å². The lowest BCUT2D eigenvalue weighted by Crippen LogP contribution is -2.15. The number of thioether (sulfide) groups is 1. The highest BCUT2D eigenvalue weighted by molar-refractivity contribution is 7.98. The molecule has 0 radical (unpaired) electrons. The molecule has 0 fully saturated rings. The lowest BCUT2D eigenvalue weighted by atomic mass is 10.2. The molecule has 0 saturated carbocycles. The SMILES string of the molecule is CSc1cccc(OCCCC(F)(F)F)c1C(=N)N. The van der Waals surface area contributed by atoms with Crippen LogP contribution in [-0.2, 0) is 0 Å². The first-order valence-electron chi connectivity index (χ1n) is 5.56. The van der Waals surface area contributed by atoms with E-state index in [1.165, 1.54) is 11.8 Å². The number of hydrogen-bond donors (Lipinski definition) is 2. The lowest BCUT2D eigenvalue weighted by molar-refractivity contribution is -0.136. The molecule has 19 heavy (non-hydrogen) atoms. The molecule has 0 amide bonds. The van der Waals surface area contributed by atoms with Gasteiger partial charge in [0.25, 0.3) is 0 Å². The number of amidine groups is 1. The number of ether oxygens (including phenoxy) is 1. The fourth-order valence-electron chi connectivity index (χ4n) is 1.52. The van der Waals surface area contributed by atoms with Gasteiger partial charge in [0.1, 0.15) is 11.6 Å². The summed E-state index contributed by atoms with van der Waals surface area (Å²) in [6.07, 6.45) is -3.35. The van der Waals surface area contributed by atoms with Crippen molar-refractivity contribution in [3.63, 3.8) is 0 Å². The Morgan fingerprint density at radius 3 is 2.63 bits per heavy atom. The Bertz CT molecular complexity index is 449. The zero-order valence-electron chi connectivity index (χ0n) is 10.4. The van der Waals surface area contributed by atoms with Crippen molar-refractivity contribution in [2.75, 3.05) is 12.9 Å². The monoisotopic (exact) mass is 292 g/mol. The van der Waals surface area contributed by atoms with Gasteiger partial charge in [-0.2, -0.15) is 13.2 Å². The standard InChI is InChI=1S/C12H15F3N2OS/c1-19-9-5-2-4-8(10(9)11(16)17)18-7-3-6-12(13,14)15/h2,4-5H,3,6-7H2,1H3,(H3,16,17). The molecule has 0 aromatic heterocycles. The smallest absolute Gasteiger partial charge is 0.389 e. The van der Waals surface area contributed by atoms with Crippen LogP contribution in [0.15, 0.2) is 23.1 Å². The van der Waals surface area contributed by atoms with Crippen molar-refractivity contribution in [2.45, 2.75) is 23.9 Å². The quantitative estimate of drug-likeness (QED) is 0.365. The molecule has 0 aliphatic carbocycles. The molecule has 0 bridgehead atoms. The highest BCUT2D eigenvalue weighted by Gasteiger charge is 2.26. The number of hydrogen-bond acceptors (Lipinski definition) is 3. The van der Waals surface area contributed by atoms with Crippen molar-refractivity contribution in [2.24, 2.45) is 5.73 Å². The number of rotatable bonds is 6. The molecule has 0 aliphatic rings. The zero-order chi connectivity index (χ0) is 14.5. The van der Waals surface area contributed by atoms with Crippen molar-refractivity contribution in [1.29, 1.82) is 5.41 Å². The van der Waals surface area contributed by atoms with Crippen LogP contribution < -0.4 is 10.5 Å². The van der Waals surface area contributed by atoms with Crippen molar-refractivity contribution in [1.82, 2.24) is 0 Å². The minimum atomic E-state index is -4.17. The third-order valence-electron chi connectivity index (χ3n) is 2.34. The van der Waals surface area contributed by atoms with Gasteiger partial charge in [-0.1, -0.05) is 6.07 Å². The Hall–Kier alpha value is -1.37. The first kappa shape index (κ1) is 15.7. The second-order valence-electron chi connectivity index (χ2n) is 3.81. The molecule has 0 heterocycles. The number of halogens is 3. The molecule has 0 atom stereocenters. The molecule has 0 saturated heterocycles. The summed E-state index contributed by atoms with van der Waals surface area (Å²) in [4.78, 5) is 0.765. The number of benzene rings is 1. The fourth-order valence-corrected chi connectivity index (χ4v) is 2.15. The van der Waals surface area contributed by atoms with Crippen LogP contribution in [0.4, 0.5) is 13.2 Å². The summed E-state index contributed by atoms with van der Waals surface area (Å²) < 4.78 is 41.3. The highest BCUT2D eigenvalue weighted by Crippen LogP contribution is 2.29. The minimum absolute atomic E-state index is 0.0579. The summed E-state index contributed by atoms with van der Waals surface area (Å²) in [6, 6.07) is 5.10. The van der Waals surface area contributed by atoms with Crippen LogP contribution in [0, 0.1) is 5.41 Å². The van der Waals surface area contributed by atoms with Gasteiger partial charge in [-0.25, -0.2) is 0 Å². The molecule has 3 N–H and O–H groups in total. The predicted octanol–water partition coefficient (Wildman–Crippen LogP) is 3.41. The van der Waals surface area contributed by atoms with Crippen molar-refractivity contribution < 1.29 is 17.9 Å². The van der Waals surface area contributed by atoms with E-state index in [1.807, 2.05) is 6.26 Å². The van der Waals surface area contributed by atoms with Crippen LogP contribution >= 0.6 is 11.8 Å². The molecular weight excluding hydrogens is 277 g/mol. The van der Waals surface area contributed by atoms with Gasteiger partial charge in [-0.3, -0.25) is 5.41 Å². The van der Waals surface area contributed by atoms with Crippen molar-refractivity contribution in [3.05, 3.63) is 23.8 Å². The maximum atomic E-state index is 12.0. The average Bonchev–Trinajstić information content (AvgIpc) is 2.32. The van der Waals surface area contributed by atoms with Gasteiger partial charge in [0.15, 0.2) is 0 Å². The number of nitrogens with two attached hydrogens (primary N) is 1. The van der Waals surface area contributed by atoms with Crippen LogP contribution in [0.3, 0.4) is 0 Å². The highest BCUT2D eigenvalue weighted by atomic mass is 32.2. The van der Waals surface area contributed by atoms with E-state index in [4.69, 9.17) is 15.9 Å². The molecule has 106 valence electrons. The molecule has 0 spiro atoms.